The molecule has 0 aromatic carbocycles. The van der Waals surface area contributed by atoms with E-state index in [0.29, 0.717) is 0 Å². The summed E-state index contributed by atoms with van der Waals surface area (Å²) in [6.45, 7) is 8.43. The normalized spacial score (nSPS) is 15.4. The van der Waals surface area contributed by atoms with E-state index < -0.39 is 0 Å². The van der Waals surface area contributed by atoms with Gasteiger partial charge in [-0.2, -0.15) is 0 Å². The Bertz CT molecular complexity index is 361. The van der Waals surface area contributed by atoms with Crippen molar-refractivity contribution in [1.29, 1.82) is 0 Å². The Morgan fingerprint density at radius 2 is 2.17 bits per heavy atom. The van der Waals surface area contributed by atoms with Crippen LogP contribution in [0, 0.1) is 5.92 Å². The highest BCUT2D eigenvalue weighted by Crippen LogP contribution is 2.28. The molecule has 100 valence electrons. The van der Waals surface area contributed by atoms with Gasteiger partial charge in [0.25, 0.3) is 0 Å². The zero-order valence-corrected chi connectivity index (χ0v) is 11.7. The number of hydrogen-bond donors (Lipinski definition) is 1. The maximum Gasteiger partial charge on any atom is 0.128 e. The summed E-state index contributed by atoms with van der Waals surface area (Å²) in [5, 5.41) is 3.33. The Morgan fingerprint density at radius 3 is 2.78 bits per heavy atom. The predicted molar refractivity (Wildman–Crippen MR) is 76.8 cm³/mol. The van der Waals surface area contributed by atoms with E-state index in [1.54, 1.807) is 0 Å². The molecule has 1 aromatic rings. The van der Waals surface area contributed by atoms with E-state index in [1.807, 2.05) is 0 Å². The molecule has 1 saturated carbocycles. The van der Waals surface area contributed by atoms with Crippen molar-refractivity contribution < 1.29 is 0 Å². The molecular weight excluding hydrogens is 222 g/mol. The van der Waals surface area contributed by atoms with E-state index in [0.717, 1.165) is 37.1 Å². The molecule has 3 heteroatoms. The van der Waals surface area contributed by atoms with Gasteiger partial charge in [-0.05, 0) is 44.4 Å². The molecule has 1 fully saturated rings. The number of rotatable bonds is 7. The van der Waals surface area contributed by atoms with Crippen LogP contribution in [0.15, 0.2) is 18.2 Å². The van der Waals surface area contributed by atoms with Crippen molar-refractivity contribution in [3.05, 3.63) is 23.9 Å². The number of anilines is 1. The van der Waals surface area contributed by atoms with Crippen molar-refractivity contribution in [2.45, 2.75) is 39.7 Å². The monoisotopic (exact) mass is 247 g/mol. The zero-order chi connectivity index (χ0) is 12.8. The van der Waals surface area contributed by atoms with Gasteiger partial charge in [0, 0.05) is 19.6 Å². The minimum atomic E-state index is 0.866. The van der Waals surface area contributed by atoms with Gasteiger partial charge in [0.2, 0.25) is 0 Å². The second kappa shape index (κ2) is 6.74. The summed E-state index contributed by atoms with van der Waals surface area (Å²) in [7, 11) is 0. The van der Waals surface area contributed by atoms with E-state index >= 15 is 0 Å². The summed E-state index contributed by atoms with van der Waals surface area (Å²) in [6, 6.07) is 6.36. The maximum atomic E-state index is 4.76. The van der Waals surface area contributed by atoms with E-state index in [2.05, 4.69) is 42.3 Å². The Kier molecular flexibility index (Phi) is 5.00. The number of pyridine rings is 1. The topological polar surface area (TPSA) is 28.2 Å². The average Bonchev–Trinajstić information content (AvgIpc) is 2.36. The van der Waals surface area contributed by atoms with Crippen molar-refractivity contribution in [2.75, 3.05) is 24.5 Å². The summed E-state index contributed by atoms with van der Waals surface area (Å²) < 4.78 is 0. The third-order valence-corrected chi connectivity index (χ3v) is 3.76. The Balaban J connectivity index is 1.99. The molecule has 1 aliphatic rings. The van der Waals surface area contributed by atoms with Crippen LogP contribution in [-0.4, -0.2) is 24.6 Å². The van der Waals surface area contributed by atoms with Gasteiger partial charge < -0.3 is 10.2 Å². The van der Waals surface area contributed by atoms with Gasteiger partial charge in [-0.25, -0.2) is 4.98 Å². The molecule has 1 aromatic heterocycles. The highest BCUT2D eigenvalue weighted by Gasteiger charge is 2.20. The van der Waals surface area contributed by atoms with Crippen molar-refractivity contribution in [3.63, 3.8) is 0 Å². The fourth-order valence-electron chi connectivity index (χ4n) is 2.37. The average molecular weight is 247 g/mol. The molecule has 1 aliphatic carbocycles. The SMILES string of the molecule is CCNCc1cccc(N(CC)CC2CCC2)n1. The van der Waals surface area contributed by atoms with Crippen molar-refractivity contribution in [1.82, 2.24) is 10.3 Å². The van der Waals surface area contributed by atoms with Gasteiger partial charge in [0.15, 0.2) is 0 Å². The number of hydrogen-bond acceptors (Lipinski definition) is 3. The molecular formula is C15H25N3. The quantitative estimate of drug-likeness (QED) is 0.803. The highest BCUT2D eigenvalue weighted by molar-refractivity contribution is 5.39. The second-order valence-corrected chi connectivity index (χ2v) is 5.10. The second-order valence-electron chi connectivity index (χ2n) is 5.10. The fraction of sp³-hybridized carbons (Fsp3) is 0.667. The van der Waals surface area contributed by atoms with E-state index in [4.69, 9.17) is 4.98 Å². The lowest BCUT2D eigenvalue weighted by atomic mass is 9.85. The number of aromatic nitrogens is 1. The summed E-state index contributed by atoms with van der Waals surface area (Å²) >= 11 is 0. The summed E-state index contributed by atoms with van der Waals surface area (Å²) in [4.78, 5) is 7.17. The highest BCUT2D eigenvalue weighted by atomic mass is 15.2. The summed E-state index contributed by atoms with van der Waals surface area (Å²) in [5.74, 6) is 2.03. The summed E-state index contributed by atoms with van der Waals surface area (Å²) in [6.07, 6.45) is 4.21. The van der Waals surface area contributed by atoms with Crippen LogP contribution in [0.3, 0.4) is 0 Å². The molecule has 0 saturated heterocycles. The number of nitrogens with one attached hydrogen (secondary N) is 1. The molecule has 0 radical (unpaired) electrons. The first-order valence-corrected chi connectivity index (χ1v) is 7.25. The van der Waals surface area contributed by atoms with Crippen LogP contribution in [0.5, 0.6) is 0 Å². The van der Waals surface area contributed by atoms with Crippen LogP contribution in [0.4, 0.5) is 5.82 Å². The fourth-order valence-corrected chi connectivity index (χ4v) is 2.37. The Morgan fingerprint density at radius 1 is 1.33 bits per heavy atom. The van der Waals surface area contributed by atoms with Gasteiger partial charge >= 0.3 is 0 Å². The molecule has 0 bridgehead atoms. The van der Waals surface area contributed by atoms with Crippen LogP contribution in [0.1, 0.15) is 38.8 Å². The lowest BCUT2D eigenvalue weighted by Gasteiger charge is -2.32. The zero-order valence-electron chi connectivity index (χ0n) is 11.7. The Labute approximate surface area is 111 Å². The lowest BCUT2D eigenvalue weighted by molar-refractivity contribution is 0.318. The minimum absolute atomic E-state index is 0.866. The van der Waals surface area contributed by atoms with Crippen LogP contribution in [0.25, 0.3) is 0 Å². The molecule has 0 spiro atoms. The number of nitrogens with zero attached hydrogens (tertiary/aromatic N) is 2. The standard InChI is InChI=1S/C15H25N3/c1-3-16-11-14-9-6-10-15(17-14)18(4-2)12-13-7-5-8-13/h6,9-10,13,16H,3-5,7-8,11-12H2,1-2H3. The first-order chi connectivity index (χ1) is 8.83. The first kappa shape index (κ1) is 13.3. The Hall–Kier alpha value is -1.09. The molecule has 0 amide bonds. The van der Waals surface area contributed by atoms with Crippen LogP contribution < -0.4 is 10.2 Å². The molecule has 0 aliphatic heterocycles. The smallest absolute Gasteiger partial charge is 0.128 e. The first-order valence-electron chi connectivity index (χ1n) is 7.25. The third-order valence-electron chi connectivity index (χ3n) is 3.76. The molecule has 2 rings (SSSR count). The largest absolute Gasteiger partial charge is 0.357 e. The van der Waals surface area contributed by atoms with Crippen LogP contribution in [-0.2, 0) is 6.54 Å². The van der Waals surface area contributed by atoms with E-state index in [-0.39, 0.29) is 0 Å². The van der Waals surface area contributed by atoms with Crippen molar-refractivity contribution in [2.24, 2.45) is 5.92 Å². The van der Waals surface area contributed by atoms with Crippen molar-refractivity contribution >= 4 is 5.82 Å². The molecule has 3 nitrogen and oxygen atoms in total. The summed E-state index contributed by atoms with van der Waals surface area (Å²) in [5.41, 5.74) is 1.14. The third kappa shape index (κ3) is 3.45. The predicted octanol–water partition coefficient (Wildman–Crippen LogP) is 2.82. The van der Waals surface area contributed by atoms with Crippen molar-refractivity contribution in [3.8, 4) is 0 Å². The molecule has 1 heterocycles. The molecule has 0 atom stereocenters. The van der Waals surface area contributed by atoms with E-state index in [9.17, 15) is 0 Å². The molecule has 1 N–H and O–H groups in total. The molecule has 0 unspecified atom stereocenters. The minimum Gasteiger partial charge on any atom is -0.357 e. The maximum absolute atomic E-state index is 4.76. The lowest BCUT2D eigenvalue weighted by Crippen LogP contribution is -2.33. The van der Waals surface area contributed by atoms with Gasteiger partial charge in [0.1, 0.15) is 5.82 Å². The van der Waals surface area contributed by atoms with Gasteiger partial charge in [0.05, 0.1) is 5.69 Å². The van der Waals surface area contributed by atoms with Gasteiger partial charge in [-0.1, -0.05) is 19.4 Å². The van der Waals surface area contributed by atoms with E-state index in [1.165, 1.54) is 25.8 Å². The van der Waals surface area contributed by atoms with Crippen LogP contribution >= 0.6 is 0 Å². The molecule has 18 heavy (non-hydrogen) atoms. The van der Waals surface area contributed by atoms with Crippen LogP contribution in [0.2, 0.25) is 0 Å². The van der Waals surface area contributed by atoms with Gasteiger partial charge in [-0.15, -0.1) is 0 Å². The van der Waals surface area contributed by atoms with Gasteiger partial charge in [-0.3, -0.25) is 0 Å².